The minimum absolute atomic E-state index is 0.178. The predicted molar refractivity (Wildman–Crippen MR) is 101 cm³/mol. The van der Waals surface area contributed by atoms with Gasteiger partial charge in [-0.1, -0.05) is 55.3 Å². The van der Waals surface area contributed by atoms with Crippen molar-refractivity contribution in [1.82, 2.24) is 0 Å². The molecule has 2 aromatic carbocycles. The Labute approximate surface area is 149 Å². The lowest BCUT2D eigenvalue weighted by Crippen LogP contribution is -2.05. The fourth-order valence-electron chi connectivity index (χ4n) is 2.71. The van der Waals surface area contributed by atoms with E-state index in [1.165, 1.54) is 5.56 Å². The van der Waals surface area contributed by atoms with Crippen LogP contribution in [0, 0.1) is 17.0 Å². The lowest BCUT2D eigenvalue weighted by atomic mass is 10.1. The van der Waals surface area contributed by atoms with Crippen LogP contribution in [0.2, 0.25) is 0 Å². The second-order valence-corrected chi connectivity index (χ2v) is 6.11. The number of unbranched alkanes of at least 4 members (excludes halogenated alkanes) is 3. The zero-order valence-electron chi connectivity index (χ0n) is 14.7. The van der Waals surface area contributed by atoms with E-state index in [4.69, 9.17) is 4.74 Å². The number of rotatable bonds is 11. The van der Waals surface area contributed by atoms with E-state index in [9.17, 15) is 10.1 Å². The Balaban J connectivity index is 1.55. The summed E-state index contributed by atoms with van der Waals surface area (Å²) in [5.41, 5.74) is 2.67. The van der Waals surface area contributed by atoms with Crippen molar-refractivity contribution in [3.05, 3.63) is 69.8 Å². The van der Waals surface area contributed by atoms with Gasteiger partial charge in [0.2, 0.25) is 0 Å². The van der Waals surface area contributed by atoms with Gasteiger partial charge < -0.3 is 10.1 Å². The highest BCUT2D eigenvalue weighted by Crippen LogP contribution is 2.27. The van der Waals surface area contributed by atoms with Crippen LogP contribution in [0.4, 0.5) is 11.4 Å². The van der Waals surface area contributed by atoms with Crippen molar-refractivity contribution in [1.29, 1.82) is 0 Å². The zero-order valence-corrected chi connectivity index (χ0v) is 14.7. The molecule has 134 valence electrons. The highest BCUT2D eigenvalue weighted by Gasteiger charge is 2.15. The van der Waals surface area contributed by atoms with Crippen molar-refractivity contribution in [3.8, 4) is 0 Å². The monoisotopic (exact) mass is 342 g/mol. The SMILES string of the molecule is Cc1cccc(NCCCCCCOCc2ccccc2)c1[N+](=O)[O-]. The standard InChI is InChI=1S/C20H26N2O3/c1-17-10-9-13-19(20(17)22(23)24)21-14-7-2-3-8-15-25-16-18-11-5-4-6-12-18/h4-6,9-13,21H,2-3,7-8,14-16H2,1H3. The van der Waals surface area contributed by atoms with E-state index in [-0.39, 0.29) is 10.6 Å². The van der Waals surface area contributed by atoms with Gasteiger partial charge in [0, 0.05) is 18.7 Å². The van der Waals surface area contributed by atoms with E-state index in [1.54, 1.807) is 19.1 Å². The first-order chi connectivity index (χ1) is 12.2. The van der Waals surface area contributed by atoms with Gasteiger partial charge in [-0.15, -0.1) is 0 Å². The number of hydrogen-bond acceptors (Lipinski definition) is 4. The van der Waals surface area contributed by atoms with E-state index >= 15 is 0 Å². The minimum Gasteiger partial charge on any atom is -0.379 e. The molecule has 0 aliphatic carbocycles. The molecule has 0 aliphatic heterocycles. The van der Waals surface area contributed by atoms with Crippen LogP contribution in [-0.4, -0.2) is 18.1 Å². The molecule has 0 heterocycles. The summed E-state index contributed by atoms with van der Waals surface area (Å²) in [6, 6.07) is 15.5. The third-order valence-electron chi connectivity index (χ3n) is 4.06. The first-order valence-corrected chi connectivity index (χ1v) is 8.78. The number of benzene rings is 2. The topological polar surface area (TPSA) is 64.4 Å². The number of nitrogens with zero attached hydrogens (tertiary/aromatic N) is 1. The molecule has 1 N–H and O–H groups in total. The summed E-state index contributed by atoms with van der Waals surface area (Å²) in [5.74, 6) is 0. The maximum absolute atomic E-state index is 11.1. The summed E-state index contributed by atoms with van der Waals surface area (Å²) >= 11 is 0. The van der Waals surface area contributed by atoms with Crippen molar-refractivity contribution < 1.29 is 9.66 Å². The fourth-order valence-corrected chi connectivity index (χ4v) is 2.71. The first kappa shape index (κ1) is 18.9. The number of ether oxygens (including phenoxy) is 1. The van der Waals surface area contributed by atoms with Gasteiger partial charge in [0.15, 0.2) is 0 Å². The van der Waals surface area contributed by atoms with Crippen molar-refractivity contribution >= 4 is 11.4 Å². The van der Waals surface area contributed by atoms with Gasteiger partial charge >= 0.3 is 0 Å². The van der Waals surface area contributed by atoms with Gasteiger partial charge in [0.1, 0.15) is 5.69 Å². The van der Waals surface area contributed by atoms with Crippen LogP contribution in [-0.2, 0) is 11.3 Å². The Morgan fingerprint density at radius 1 is 1.00 bits per heavy atom. The number of hydrogen-bond donors (Lipinski definition) is 1. The molecular formula is C20H26N2O3. The molecule has 0 atom stereocenters. The number of nitrogens with one attached hydrogen (secondary N) is 1. The summed E-state index contributed by atoms with van der Waals surface area (Å²) in [6.07, 6.45) is 4.22. The van der Waals surface area contributed by atoms with Gasteiger partial charge in [-0.05, 0) is 31.4 Å². The number of anilines is 1. The second kappa shape index (κ2) is 10.5. The molecule has 0 radical (unpaired) electrons. The van der Waals surface area contributed by atoms with Gasteiger partial charge in [0.05, 0.1) is 11.5 Å². The van der Waals surface area contributed by atoms with Gasteiger partial charge in [-0.25, -0.2) is 0 Å². The Kier molecular flexibility index (Phi) is 7.92. The minimum atomic E-state index is -0.318. The first-order valence-electron chi connectivity index (χ1n) is 8.78. The maximum atomic E-state index is 11.1. The van der Waals surface area contributed by atoms with E-state index < -0.39 is 0 Å². The highest BCUT2D eigenvalue weighted by molar-refractivity contribution is 5.64. The quantitative estimate of drug-likeness (QED) is 0.351. The molecule has 0 unspecified atom stereocenters. The largest absolute Gasteiger partial charge is 0.379 e. The summed E-state index contributed by atoms with van der Waals surface area (Å²) in [5, 5.41) is 14.3. The van der Waals surface area contributed by atoms with E-state index in [0.717, 1.165) is 38.8 Å². The molecule has 5 heteroatoms. The van der Waals surface area contributed by atoms with Crippen LogP contribution in [0.25, 0.3) is 0 Å². The Morgan fingerprint density at radius 3 is 2.52 bits per heavy atom. The normalized spacial score (nSPS) is 10.6. The zero-order chi connectivity index (χ0) is 17.9. The highest BCUT2D eigenvalue weighted by atomic mass is 16.6. The fraction of sp³-hybridized carbons (Fsp3) is 0.400. The van der Waals surface area contributed by atoms with Gasteiger partial charge in [-0.2, -0.15) is 0 Å². The molecule has 5 nitrogen and oxygen atoms in total. The molecule has 0 amide bonds. The molecule has 2 rings (SSSR count). The average molecular weight is 342 g/mol. The van der Waals surface area contributed by atoms with Crippen LogP contribution in [0.3, 0.4) is 0 Å². The molecule has 2 aromatic rings. The number of para-hydroxylation sites is 1. The molecule has 0 spiro atoms. The maximum Gasteiger partial charge on any atom is 0.295 e. The lowest BCUT2D eigenvalue weighted by molar-refractivity contribution is -0.384. The predicted octanol–water partition coefficient (Wildman–Crippen LogP) is 5.09. The van der Waals surface area contributed by atoms with Crippen molar-refractivity contribution in [2.24, 2.45) is 0 Å². The smallest absolute Gasteiger partial charge is 0.295 e. The summed E-state index contributed by atoms with van der Waals surface area (Å²) < 4.78 is 5.66. The molecular weight excluding hydrogens is 316 g/mol. The van der Waals surface area contributed by atoms with E-state index in [2.05, 4.69) is 17.4 Å². The molecule has 0 bridgehead atoms. The van der Waals surface area contributed by atoms with E-state index in [1.807, 2.05) is 24.3 Å². The number of nitro benzene ring substituents is 1. The van der Waals surface area contributed by atoms with Crippen LogP contribution in [0.15, 0.2) is 48.5 Å². The number of nitro groups is 1. The molecule has 25 heavy (non-hydrogen) atoms. The summed E-state index contributed by atoms with van der Waals surface area (Å²) in [4.78, 5) is 10.8. The van der Waals surface area contributed by atoms with Crippen LogP contribution < -0.4 is 5.32 Å². The molecule has 0 aromatic heterocycles. The molecule has 0 saturated carbocycles. The van der Waals surface area contributed by atoms with Gasteiger partial charge in [0.25, 0.3) is 5.69 Å². The number of aryl methyl sites for hydroxylation is 1. The van der Waals surface area contributed by atoms with Crippen LogP contribution in [0.1, 0.15) is 36.8 Å². The van der Waals surface area contributed by atoms with Crippen LogP contribution in [0.5, 0.6) is 0 Å². The van der Waals surface area contributed by atoms with Crippen molar-refractivity contribution in [2.45, 2.75) is 39.2 Å². The average Bonchev–Trinajstić information content (AvgIpc) is 2.61. The molecule has 0 aliphatic rings. The second-order valence-electron chi connectivity index (χ2n) is 6.11. The van der Waals surface area contributed by atoms with E-state index in [0.29, 0.717) is 17.9 Å². The van der Waals surface area contributed by atoms with Gasteiger partial charge in [-0.3, -0.25) is 10.1 Å². The summed E-state index contributed by atoms with van der Waals surface area (Å²) in [7, 11) is 0. The summed E-state index contributed by atoms with van der Waals surface area (Å²) in [6.45, 7) is 3.94. The Hall–Kier alpha value is -2.40. The van der Waals surface area contributed by atoms with Crippen molar-refractivity contribution in [2.75, 3.05) is 18.5 Å². The Morgan fingerprint density at radius 2 is 1.76 bits per heavy atom. The van der Waals surface area contributed by atoms with Crippen LogP contribution >= 0.6 is 0 Å². The van der Waals surface area contributed by atoms with Crippen molar-refractivity contribution in [3.63, 3.8) is 0 Å². The third kappa shape index (κ3) is 6.55. The lowest BCUT2D eigenvalue weighted by Gasteiger charge is -2.08. The molecule has 0 fully saturated rings. The molecule has 0 saturated heterocycles. The Bertz CT molecular complexity index is 659. The third-order valence-corrected chi connectivity index (χ3v) is 4.06.